The Labute approximate surface area is 237 Å². The van der Waals surface area contributed by atoms with Crippen LogP contribution in [0.4, 0.5) is 4.79 Å². The van der Waals surface area contributed by atoms with E-state index in [1.54, 1.807) is 0 Å². The van der Waals surface area contributed by atoms with Crippen LogP contribution in [-0.2, 0) is 22.6 Å². The van der Waals surface area contributed by atoms with Gasteiger partial charge in [-0.1, -0.05) is 68.2 Å². The van der Waals surface area contributed by atoms with Crippen LogP contribution in [0.1, 0.15) is 63.0 Å². The highest BCUT2D eigenvalue weighted by atomic mass is 35.5. The number of carbonyl (C=O) groups is 2. The third-order valence-corrected chi connectivity index (χ3v) is 9.02. The van der Waals surface area contributed by atoms with Gasteiger partial charge >= 0.3 is 6.16 Å². The molecule has 0 unspecified atom stereocenters. The van der Waals surface area contributed by atoms with Gasteiger partial charge in [0.1, 0.15) is 6.54 Å². The Balaban J connectivity index is 1.75. The van der Waals surface area contributed by atoms with Crippen molar-refractivity contribution in [1.29, 1.82) is 0 Å². The number of aromatic nitrogens is 1. The zero-order valence-electron chi connectivity index (χ0n) is 22.5. The van der Waals surface area contributed by atoms with E-state index in [0.29, 0.717) is 48.9 Å². The molecule has 0 spiro atoms. The molecule has 1 amide bonds. The maximum atomic E-state index is 13.7. The molecule has 1 aliphatic carbocycles. The lowest BCUT2D eigenvalue weighted by atomic mass is 9.83. The van der Waals surface area contributed by atoms with Gasteiger partial charge in [0.15, 0.2) is 5.06 Å². The molecule has 1 saturated carbocycles. The predicted molar refractivity (Wildman–Crippen MR) is 154 cm³/mol. The van der Waals surface area contributed by atoms with E-state index in [2.05, 4.69) is 23.7 Å². The Morgan fingerprint density at radius 3 is 2.49 bits per heavy atom. The van der Waals surface area contributed by atoms with Gasteiger partial charge < -0.3 is 29.4 Å². The van der Waals surface area contributed by atoms with Gasteiger partial charge in [-0.15, -0.1) is 0 Å². The van der Waals surface area contributed by atoms with E-state index >= 15 is 0 Å². The number of morpholine rings is 1. The molecule has 2 fully saturated rings. The number of fused-ring (bicyclic) bond motifs is 1. The summed E-state index contributed by atoms with van der Waals surface area (Å²) in [5.41, 5.74) is 4.88. The summed E-state index contributed by atoms with van der Waals surface area (Å²) in [6.07, 6.45) is 4.30. The third-order valence-electron chi connectivity index (χ3n) is 7.64. The minimum Gasteiger partial charge on any atom is -0.449 e. The molecule has 0 radical (unpaired) electrons. The first-order valence-corrected chi connectivity index (χ1v) is 15.0. The monoisotopic (exact) mass is 573 g/mol. The number of rotatable bonds is 8. The molecular weight excluding hydrogens is 538 g/mol. The lowest BCUT2D eigenvalue weighted by Gasteiger charge is -2.28. The van der Waals surface area contributed by atoms with Gasteiger partial charge in [-0.3, -0.25) is 4.79 Å². The molecule has 2 N–H and O–H groups in total. The number of hydrogen-bond acceptors (Lipinski definition) is 6. The zero-order valence-corrected chi connectivity index (χ0v) is 24.1. The first-order valence-electron chi connectivity index (χ1n) is 13.8. The molecule has 8 nitrogen and oxygen atoms in total. The Bertz CT molecular complexity index is 1320. The van der Waals surface area contributed by atoms with Crippen LogP contribution in [0.2, 0.25) is 5.02 Å². The van der Waals surface area contributed by atoms with Crippen molar-refractivity contribution in [2.24, 2.45) is 0 Å². The van der Waals surface area contributed by atoms with E-state index in [1.807, 2.05) is 29.2 Å². The molecule has 2 aliphatic rings. The lowest BCUT2D eigenvalue weighted by molar-refractivity contribution is -0.135. The number of nitrogens with one attached hydrogen (secondary N) is 1. The summed E-state index contributed by atoms with van der Waals surface area (Å²) in [7, 11) is 0. The van der Waals surface area contributed by atoms with Crippen molar-refractivity contribution >= 4 is 45.2 Å². The molecule has 0 bridgehead atoms. The second kappa shape index (κ2) is 12.3. The first kappa shape index (κ1) is 28.0. The Morgan fingerprint density at radius 1 is 1.15 bits per heavy atom. The number of benzene rings is 1. The summed E-state index contributed by atoms with van der Waals surface area (Å²) >= 11 is 7.66. The van der Waals surface area contributed by atoms with Crippen LogP contribution < -0.4 is 10.1 Å². The van der Waals surface area contributed by atoms with Gasteiger partial charge in [-0.05, 0) is 42.0 Å². The number of carbonyl (C=O) groups excluding carboxylic acids is 1. The van der Waals surface area contributed by atoms with Crippen LogP contribution in [0.15, 0.2) is 24.3 Å². The summed E-state index contributed by atoms with van der Waals surface area (Å²) in [6, 6.07) is 7.99. The molecule has 5 rings (SSSR count). The molecule has 39 heavy (non-hydrogen) atoms. The standard InChI is InChI=1S/C29H36ClN3O5S/c1-18(2)31-16-22-26-27(39-28(22)38-29(35)36)24(19-6-4-3-5-7-19)25(20-8-10-21(30)11-9-20)33(26)17-23(34)32-12-14-37-15-13-32/h8-11,18-19,31H,3-7,12-17H2,1-2H3,(H,35,36). The van der Waals surface area contributed by atoms with Crippen molar-refractivity contribution in [3.8, 4) is 16.3 Å². The van der Waals surface area contributed by atoms with E-state index < -0.39 is 6.16 Å². The summed E-state index contributed by atoms with van der Waals surface area (Å²) in [5.74, 6) is 0.337. The molecule has 10 heteroatoms. The van der Waals surface area contributed by atoms with Crippen molar-refractivity contribution in [2.45, 2.75) is 71.0 Å². The highest BCUT2D eigenvalue weighted by molar-refractivity contribution is 7.21. The van der Waals surface area contributed by atoms with Crippen LogP contribution in [0.3, 0.4) is 0 Å². The minimum atomic E-state index is -1.34. The first-order chi connectivity index (χ1) is 18.8. The van der Waals surface area contributed by atoms with Gasteiger partial charge in [0.25, 0.3) is 0 Å². The molecule has 1 aromatic carbocycles. The van der Waals surface area contributed by atoms with E-state index in [4.69, 9.17) is 21.1 Å². The van der Waals surface area contributed by atoms with Crippen molar-refractivity contribution in [3.05, 3.63) is 40.4 Å². The minimum absolute atomic E-state index is 0.0234. The van der Waals surface area contributed by atoms with Crippen LogP contribution in [-0.4, -0.2) is 59.0 Å². The van der Waals surface area contributed by atoms with Crippen LogP contribution >= 0.6 is 22.9 Å². The number of carboxylic acid groups (broad SMARTS) is 1. The molecule has 3 heterocycles. The number of thiophene rings is 1. The lowest BCUT2D eigenvalue weighted by Crippen LogP contribution is -2.42. The van der Waals surface area contributed by atoms with Crippen molar-refractivity contribution in [3.63, 3.8) is 0 Å². The maximum absolute atomic E-state index is 13.7. The third kappa shape index (κ3) is 6.11. The number of amides is 1. The second-order valence-corrected chi connectivity index (χ2v) is 12.1. The average molecular weight is 574 g/mol. The highest BCUT2D eigenvalue weighted by Crippen LogP contribution is 2.50. The zero-order chi connectivity index (χ0) is 27.5. The normalized spacial score (nSPS) is 16.8. The summed E-state index contributed by atoms with van der Waals surface area (Å²) in [5, 5.41) is 14.0. The molecule has 210 valence electrons. The Hall–Kier alpha value is -2.59. The molecule has 1 saturated heterocycles. The van der Waals surface area contributed by atoms with Crippen LogP contribution in [0, 0.1) is 0 Å². The second-order valence-electron chi connectivity index (χ2n) is 10.6. The van der Waals surface area contributed by atoms with Crippen molar-refractivity contribution < 1.29 is 24.2 Å². The summed E-state index contributed by atoms with van der Waals surface area (Å²) in [6.45, 7) is 6.87. The number of nitrogens with zero attached hydrogens (tertiary/aromatic N) is 2. The number of halogens is 1. The quantitative estimate of drug-likeness (QED) is 0.299. The van der Waals surface area contributed by atoms with E-state index in [9.17, 15) is 14.7 Å². The van der Waals surface area contributed by atoms with E-state index in [1.165, 1.54) is 23.3 Å². The van der Waals surface area contributed by atoms with E-state index in [0.717, 1.165) is 52.7 Å². The fourth-order valence-corrected chi connectivity index (χ4v) is 7.21. The molecule has 1 aliphatic heterocycles. The van der Waals surface area contributed by atoms with Gasteiger partial charge in [0.2, 0.25) is 5.91 Å². The average Bonchev–Trinajstić information content (AvgIpc) is 3.42. The van der Waals surface area contributed by atoms with Crippen LogP contribution in [0.5, 0.6) is 5.06 Å². The van der Waals surface area contributed by atoms with Gasteiger partial charge in [0, 0.05) is 36.3 Å². The SMILES string of the molecule is CC(C)NCc1c(OC(=O)O)sc2c(C3CCCCC3)c(-c3ccc(Cl)cc3)n(CC(=O)N3CCOCC3)c12. The summed E-state index contributed by atoms with van der Waals surface area (Å²) < 4.78 is 14.0. The molecule has 0 atom stereocenters. The Morgan fingerprint density at radius 2 is 1.85 bits per heavy atom. The fraction of sp³-hybridized carbons (Fsp3) is 0.517. The van der Waals surface area contributed by atoms with Crippen molar-refractivity contribution in [2.75, 3.05) is 26.3 Å². The van der Waals surface area contributed by atoms with Crippen molar-refractivity contribution in [1.82, 2.24) is 14.8 Å². The van der Waals surface area contributed by atoms with Gasteiger partial charge in [-0.2, -0.15) is 0 Å². The van der Waals surface area contributed by atoms with Crippen LogP contribution in [0.25, 0.3) is 21.5 Å². The topological polar surface area (TPSA) is 93.0 Å². The maximum Gasteiger partial charge on any atom is 0.512 e. The molecular formula is C29H36ClN3O5S. The predicted octanol–water partition coefficient (Wildman–Crippen LogP) is 6.48. The smallest absolute Gasteiger partial charge is 0.449 e. The van der Waals surface area contributed by atoms with E-state index in [-0.39, 0.29) is 18.5 Å². The largest absolute Gasteiger partial charge is 0.512 e. The number of hydrogen-bond donors (Lipinski definition) is 2. The molecule has 3 aromatic rings. The fourth-order valence-electron chi connectivity index (χ4n) is 5.79. The number of ether oxygens (including phenoxy) is 2. The van der Waals surface area contributed by atoms with Gasteiger partial charge in [-0.25, -0.2) is 4.79 Å². The van der Waals surface area contributed by atoms with Gasteiger partial charge in [0.05, 0.1) is 29.1 Å². The highest BCUT2D eigenvalue weighted by Gasteiger charge is 2.33. The molecule has 2 aromatic heterocycles. The Kier molecular flexibility index (Phi) is 8.81. The summed E-state index contributed by atoms with van der Waals surface area (Å²) in [4.78, 5) is 27.2.